The fraction of sp³-hybridized carbons (Fsp3) is 0.562. The fourth-order valence-corrected chi connectivity index (χ4v) is 2.76. The van der Waals surface area contributed by atoms with Crippen LogP contribution in [-0.2, 0) is 20.0 Å². The van der Waals surface area contributed by atoms with Gasteiger partial charge in [-0.15, -0.1) is 21.5 Å². The van der Waals surface area contributed by atoms with Crippen LogP contribution in [0.3, 0.4) is 0 Å². The monoisotopic (exact) mass is 334 g/mol. The Bertz CT molecular complexity index is 602. The number of aliphatic imine (C=N–C) groups is 1. The third-order valence-electron chi connectivity index (χ3n) is 3.63. The average molecular weight is 334 g/mol. The van der Waals surface area contributed by atoms with Crippen molar-refractivity contribution in [3.8, 4) is 0 Å². The van der Waals surface area contributed by atoms with Crippen LogP contribution in [0.1, 0.15) is 36.3 Å². The third kappa shape index (κ3) is 5.67. The van der Waals surface area contributed by atoms with Crippen molar-refractivity contribution in [1.29, 1.82) is 0 Å². The molecule has 0 aliphatic heterocycles. The Morgan fingerprint density at radius 3 is 2.78 bits per heavy atom. The Kier molecular flexibility index (Phi) is 7.06. The lowest BCUT2D eigenvalue weighted by Gasteiger charge is -2.12. The largest absolute Gasteiger partial charge is 0.356 e. The van der Waals surface area contributed by atoms with Gasteiger partial charge in [-0.1, -0.05) is 19.4 Å². The van der Waals surface area contributed by atoms with Gasteiger partial charge in [-0.25, -0.2) is 4.99 Å². The Balaban J connectivity index is 1.89. The highest BCUT2D eigenvalue weighted by atomic mass is 32.1. The molecule has 0 aliphatic carbocycles. The molecule has 23 heavy (non-hydrogen) atoms. The molecule has 2 aromatic heterocycles. The molecule has 0 radical (unpaired) electrons. The van der Waals surface area contributed by atoms with E-state index in [1.807, 2.05) is 18.5 Å². The van der Waals surface area contributed by atoms with Crippen molar-refractivity contribution in [2.75, 3.05) is 13.1 Å². The van der Waals surface area contributed by atoms with Gasteiger partial charge in [0.25, 0.3) is 0 Å². The van der Waals surface area contributed by atoms with Gasteiger partial charge in [0.05, 0.1) is 0 Å². The number of hydrogen-bond donors (Lipinski definition) is 2. The van der Waals surface area contributed by atoms with E-state index in [-0.39, 0.29) is 0 Å². The Hall–Kier alpha value is -1.89. The van der Waals surface area contributed by atoms with E-state index in [0.717, 1.165) is 50.0 Å². The van der Waals surface area contributed by atoms with Gasteiger partial charge in [-0.2, -0.15) is 0 Å². The minimum atomic E-state index is 0.526. The minimum Gasteiger partial charge on any atom is -0.356 e. The molecule has 0 saturated heterocycles. The molecule has 0 spiro atoms. The normalized spacial score (nSPS) is 11.7. The van der Waals surface area contributed by atoms with Crippen molar-refractivity contribution < 1.29 is 0 Å². The van der Waals surface area contributed by atoms with Crippen LogP contribution in [0.2, 0.25) is 0 Å². The molecule has 0 amide bonds. The Morgan fingerprint density at radius 1 is 1.30 bits per heavy atom. The Labute approximate surface area is 142 Å². The maximum absolute atomic E-state index is 4.63. The number of guanidine groups is 1. The molecular formula is C16H26N6S. The second-order valence-corrected chi connectivity index (χ2v) is 6.46. The van der Waals surface area contributed by atoms with Gasteiger partial charge in [0, 0.05) is 25.0 Å². The first kappa shape index (κ1) is 17.5. The van der Waals surface area contributed by atoms with Crippen LogP contribution in [0, 0.1) is 6.92 Å². The van der Waals surface area contributed by atoms with Crippen LogP contribution in [0.4, 0.5) is 0 Å². The highest BCUT2D eigenvalue weighted by molar-refractivity contribution is 7.09. The van der Waals surface area contributed by atoms with Gasteiger partial charge in [0.2, 0.25) is 0 Å². The van der Waals surface area contributed by atoms with Crippen molar-refractivity contribution in [1.82, 2.24) is 25.4 Å². The highest BCUT2D eigenvalue weighted by Crippen LogP contribution is 2.08. The number of aromatic nitrogens is 3. The zero-order valence-electron chi connectivity index (χ0n) is 14.2. The first-order valence-electron chi connectivity index (χ1n) is 8.10. The number of hydrogen-bond acceptors (Lipinski definition) is 4. The molecule has 0 aliphatic rings. The summed E-state index contributed by atoms with van der Waals surface area (Å²) in [4.78, 5) is 6.02. The zero-order chi connectivity index (χ0) is 16.5. The van der Waals surface area contributed by atoms with Crippen LogP contribution in [0.15, 0.2) is 22.5 Å². The summed E-state index contributed by atoms with van der Waals surface area (Å²) in [6.07, 6.45) is 3.31. The van der Waals surface area contributed by atoms with Gasteiger partial charge < -0.3 is 15.2 Å². The number of rotatable bonds is 8. The quantitative estimate of drug-likeness (QED) is 0.441. The van der Waals surface area contributed by atoms with E-state index in [1.54, 1.807) is 11.3 Å². The first-order valence-corrected chi connectivity index (χ1v) is 8.98. The molecule has 2 aromatic rings. The lowest BCUT2D eigenvalue weighted by atomic mass is 10.3. The van der Waals surface area contributed by atoms with E-state index in [0.29, 0.717) is 6.54 Å². The van der Waals surface area contributed by atoms with E-state index in [2.05, 4.69) is 50.3 Å². The predicted molar refractivity (Wildman–Crippen MR) is 95.8 cm³/mol. The lowest BCUT2D eigenvalue weighted by Crippen LogP contribution is -2.39. The first-order chi connectivity index (χ1) is 11.2. The summed E-state index contributed by atoms with van der Waals surface area (Å²) in [7, 11) is 1.97. The van der Waals surface area contributed by atoms with Crippen molar-refractivity contribution in [2.24, 2.45) is 12.0 Å². The smallest absolute Gasteiger partial charge is 0.191 e. The van der Waals surface area contributed by atoms with Gasteiger partial charge in [0.1, 0.15) is 12.4 Å². The molecule has 0 aromatic carbocycles. The third-order valence-corrected chi connectivity index (χ3v) is 4.56. The molecule has 0 saturated carbocycles. The van der Waals surface area contributed by atoms with Crippen LogP contribution in [0.5, 0.6) is 0 Å². The van der Waals surface area contributed by atoms with E-state index in [4.69, 9.17) is 0 Å². The van der Waals surface area contributed by atoms with Crippen LogP contribution in [-0.4, -0.2) is 33.8 Å². The summed E-state index contributed by atoms with van der Waals surface area (Å²) < 4.78 is 1.97. The molecule has 7 heteroatoms. The summed E-state index contributed by atoms with van der Waals surface area (Å²) in [6.45, 7) is 6.46. The Morgan fingerprint density at radius 2 is 2.13 bits per heavy atom. The molecule has 2 rings (SSSR count). The maximum atomic E-state index is 4.63. The van der Waals surface area contributed by atoms with Gasteiger partial charge in [-0.05, 0) is 31.2 Å². The topological polar surface area (TPSA) is 67.1 Å². The SMILES string of the molecule is CCCCNC(=NCc1nnc(C)n1C)NCCc1cccs1. The lowest BCUT2D eigenvalue weighted by molar-refractivity contribution is 0.715. The highest BCUT2D eigenvalue weighted by Gasteiger charge is 2.05. The summed E-state index contributed by atoms with van der Waals surface area (Å²) >= 11 is 1.79. The summed E-state index contributed by atoms with van der Waals surface area (Å²) in [6, 6.07) is 4.25. The standard InChI is InChI=1S/C16H26N6S/c1-4-5-9-17-16(18-10-8-14-7-6-11-23-14)19-12-15-21-20-13(2)22(15)3/h6-7,11H,4-5,8-10,12H2,1-3H3,(H2,17,18,19). The van der Waals surface area contributed by atoms with Gasteiger partial charge in [-0.3, -0.25) is 0 Å². The van der Waals surface area contributed by atoms with Crippen molar-refractivity contribution in [2.45, 2.75) is 39.7 Å². The molecule has 0 atom stereocenters. The summed E-state index contributed by atoms with van der Waals surface area (Å²) in [5.74, 6) is 2.62. The van der Waals surface area contributed by atoms with Crippen molar-refractivity contribution >= 4 is 17.3 Å². The van der Waals surface area contributed by atoms with E-state index >= 15 is 0 Å². The van der Waals surface area contributed by atoms with Gasteiger partial charge >= 0.3 is 0 Å². The second-order valence-electron chi connectivity index (χ2n) is 5.42. The predicted octanol–water partition coefficient (Wildman–Crippen LogP) is 2.26. The molecule has 2 N–H and O–H groups in total. The molecule has 6 nitrogen and oxygen atoms in total. The van der Waals surface area contributed by atoms with Crippen LogP contribution >= 0.6 is 11.3 Å². The van der Waals surface area contributed by atoms with Crippen molar-refractivity contribution in [3.05, 3.63) is 34.0 Å². The number of unbranched alkanes of at least 4 members (excludes halogenated alkanes) is 1. The van der Waals surface area contributed by atoms with Gasteiger partial charge in [0.15, 0.2) is 11.8 Å². The van der Waals surface area contributed by atoms with Crippen LogP contribution < -0.4 is 10.6 Å². The summed E-state index contributed by atoms with van der Waals surface area (Å²) in [5, 5.41) is 17.1. The van der Waals surface area contributed by atoms with E-state index in [9.17, 15) is 0 Å². The van der Waals surface area contributed by atoms with Crippen molar-refractivity contribution in [3.63, 3.8) is 0 Å². The second kappa shape index (κ2) is 9.29. The molecule has 126 valence electrons. The average Bonchev–Trinajstić information content (AvgIpc) is 3.17. The fourth-order valence-electron chi connectivity index (χ4n) is 2.06. The van der Waals surface area contributed by atoms with E-state index < -0.39 is 0 Å². The summed E-state index contributed by atoms with van der Waals surface area (Å²) in [5.41, 5.74) is 0. The molecule has 0 fully saturated rings. The molecule has 0 unspecified atom stereocenters. The van der Waals surface area contributed by atoms with E-state index in [1.165, 1.54) is 4.88 Å². The number of aryl methyl sites for hydroxylation is 1. The molecular weight excluding hydrogens is 308 g/mol. The van der Waals surface area contributed by atoms with Crippen LogP contribution in [0.25, 0.3) is 0 Å². The number of nitrogens with zero attached hydrogens (tertiary/aromatic N) is 4. The maximum Gasteiger partial charge on any atom is 0.191 e. The molecule has 0 bridgehead atoms. The minimum absolute atomic E-state index is 0.526. The zero-order valence-corrected chi connectivity index (χ0v) is 15.0. The molecule has 2 heterocycles. The number of nitrogens with one attached hydrogen (secondary N) is 2. The number of thiophene rings is 1.